The second-order valence-electron chi connectivity index (χ2n) is 6.98. The standard InChI is InChI=1S/C20H15ClF3GeN/c1-25(2)17-11-13(12-3-6-14(7-4-12)20(22,23)24)5-8-15(17)16-9-10-26-19(21)18(16)25/h3-11H,1-2H3. The molecule has 0 saturated heterocycles. The fourth-order valence-corrected chi connectivity index (χ4v) is 11.7. The van der Waals surface area contributed by atoms with Gasteiger partial charge in [-0.3, -0.25) is 0 Å². The van der Waals surface area contributed by atoms with Crippen molar-refractivity contribution in [1.82, 2.24) is 4.98 Å². The van der Waals surface area contributed by atoms with Gasteiger partial charge in [0.2, 0.25) is 0 Å². The number of hydrogen-bond acceptors (Lipinski definition) is 1. The van der Waals surface area contributed by atoms with Crippen molar-refractivity contribution in [2.75, 3.05) is 0 Å². The van der Waals surface area contributed by atoms with E-state index >= 15 is 0 Å². The number of benzene rings is 2. The average Bonchev–Trinajstić information content (AvgIpc) is 2.83. The number of alkyl halides is 3. The summed E-state index contributed by atoms with van der Waals surface area (Å²) in [5.41, 5.74) is 3.38. The van der Waals surface area contributed by atoms with Gasteiger partial charge in [0, 0.05) is 0 Å². The predicted molar refractivity (Wildman–Crippen MR) is 102 cm³/mol. The molecular weight excluding hydrogens is 419 g/mol. The van der Waals surface area contributed by atoms with Crippen molar-refractivity contribution in [2.45, 2.75) is 17.7 Å². The molecule has 0 aliphatic carbocycles. The molecule has 1 aliphatic rings. The predicted octanol–water partition coefficient (Wildman–Crippen LogP) is 5.22. The molecule has 0 spiro atoms. The minimum atomic E-state index is -4.32. The van der Waals surface area contributed by atoms with E-state index in [9.17, 15) is 13.2 Å². The SMILES string of the molecule is [CH3][Ge]1([CH3])[c]2cc(-c3ccc(C(F)(F)F)cc3)ccc2-c2ccnc(Cl)[c]21. The molecule has 0 unspecified atom stereocenters. The van der Waals surface area contributed by atoms with Gasteiger partial charge in [0.1, 0.15) is 0 Å². The van der Waals surface area contributed by atoms with Gasteiger partial charge in [-0.05, 0) is 0 Å². The summed E-state index contributed by atoms with van der Waals surface area (Å²) in [5.74, 6) is 4.55. The van der Waals surface area contributed by atoms with Gasteiger partial charge in [0.15, 0.2) is 0 Å². The first-order valence-corrected chi connectivity index (χ1v) is 14.8. The van der Waals surface area contributed by atoms with E-state index in [0.29, 0.717) is 5.15 Å². The first kappa shape index (κ1) is 17.6. The van der Waals surface area contributed by atoms with Gasteiger partial charge in [-0.15, -0.1) is 0 Å². The summed E-state index contributed by atoms with van der Waals surface area (Å²) in [6.45, 7) is 0. The monoisotopic (exact) mass is 435 g/mol. The number of nitrogens with zero attached hydrogens (tertiary/aromatic N) is 1. The number of fused-ring (bicyclic) bond motifs is 3. The van der Waals surface area contributed by atoms with Gasteiger partial charge in [-0.1, -0.05) is 0 Å². The number of halogens is 4. The van der Waals surface area contributed by atoms with E-state index in [1.165, 1.54) is 26.5 Å². The van der Waals surface area contributed by atoms with Crippen LogP contribution in [-0.2, 0) is 6.18 Å². The maximum atomic E-state index is 12.8. The molecular formula is C20H15ClF3GeN. The molecule has 0 saturated carbocycles. The van der Waals surface area contributed by atoms with Crippen molar-refractivity contribution in [3.8, 4) is 22.3 Å². The van der Waals surface area contributed by atoms with Crippen LogP contribution in [0.25, 0.3) is 22.3 Å². The second-order valence-corrected chi connectivity index (χ2v) is 16.3. The molecule has 2 heterocycles. The van der Waals surface area contributed by atoms with Crippen molar-refractivity contribution in [3.63, 3.8) is 0 Å². The molecule has 3 aromatic rings. The van der Waals surface area contributed by atoms with Gasteiger partial charge in [0.25, 0.3) is 0 Å². The minimum absolute atomic E-state index is 0.569. The van der Waals surface area contributed by atoms with Crippen LogP contribution < -0.4 is 8.79 Å². The van der Waals surface area contributed by atoms with Gasteiger partial charge in [-0.2, -0.15) is 0 Å². The van der Waals surface area contributed by atoms with Gasteiger partial charge in [0.05, 0.1) is 0 Å². The second kappa shape index (κ2) is 5.86. The molecule has 6 heteroatoms. The van der Waals surface area contributed by atoms with Crippen LogP contribution in [0.3, 0.4) is 0 Å². The van der Waals surface area contributed by atoms with Crippen LogP contribution in [0.5, 0.6) is 0 Å². The summed E-state index contributed by atoms with van der Waals surface area (Å²) in [6.07, 6.45) is -2.60. The van der Waals surface area contributed by atoms with Crippen molar-refractivity contribution >= 4 is 33.7 Å². The van der Waals surface area contributed by atoms with E-state index in [1.54, 1.807) is 6.20 Å². The van der Waals surface area contributed by atoms with Crippen LogP contribution in [-0.4, -0.2) is 18.3 Å². The van der Waals surface area contributed by atoms with Gasteiger partial charge < -0.3 is 0 Å². The van der Waals surface area contributed by atoms with Crippen LogP contribution in [0, 0.1) is 0 Å². The Morgan fingerprint density at radius 2 is 1.54 bits per heavy atom. The Morgan fingerprint density at radius 3 is 2.19 bits per heavy atom. The molecule has 0 amide bonds. The van der Waals surface area contributed by atoms with Crippen LogP contribution in [0.1, 0.15) is 5.56 Å². The Morgan fingerprint density at radius 1 is 0.885 bits per heavy atom. The Balaban J connectivity index is 1.82. The van der Waals surface area contributed by atoms with Crippen LogP contribution in [0.15, 0.2) is 54.7 Å². The molecule has 4 rings (SSSR count). The third-order valence-electron chi connectivity index (χ3n) is 5.06. The van der Waals surface area contributed by atoms with E-state index in [0.717, 1.165) is 28.8 Å². The van der Waals surface area contributed by atoms with Gasteiger partial charge >= 0.3 is 157 Å². The van der Waals surface area contributed by atoms with Crippen molar-refractivity contribution in [1.29, 1.82) is 0 Å². The zero-order valence-corrected chi connectivity index (χ0v) is 17.0. The normalized spacial score (nSPS) is 14.8. The number of hydrogen-bond donors (Lipinski definition) is 0. The molecule has 0 atom stereocenters. The molecule has 1 nitrogen and oxygen atoms in total. The Labute approximate surface area is 157 Å². The molecule has 132 valence electrons. The zero-order valence-electron chi connectivity index (χ0n) is 14.2. The van der Waals surface area contributed by atoms with E-state index in [1.807, 2.05) is 12.1 Å². The van der Waals surface area contributed by atoms with Crippen LogP contribution in [0.2, 0.25) is 16.7 Å². The summed E-state index contributed by atoms with van der Waals surface area (Å²) in [7, 11) is 0. The Hall–Kier alpha value is -1.79. The van der Waals surface area contributed by atoms with E-state index in [4.69, 9.17) is 11.6 Å². The van der Waals surface area contributed by atoms with Crippen molar-refractivity contribution < 1.29 is 13.2 Å². The van der Waals surface area contributed by atoms with Gasteiger partial charge in [-0.25, -0.2) is 0 Å². The van der Waals surface area contributed by atoms with Crippen molar-refractivity contribution in [2.24, 2.45) is 0 Å². The first-order valence-electron chi connectivity index (χ1n) is 8.17. The summed E-state index contributed by atoms with van der Waals surface area (Å²) in [5, 5.41) is 0.569. The quantitative estimate of drug-likeness (QED) is 0.378. The molecule has 0 N–H and O–H groups in total. The molecule has 1 aromatic heterocycles. The Kier molecular flexibility index (Phi) is 3.97. The van der Waals surface area contributed by atoms with E-state index < -0.39 is 25.0 Å². The molecule has 0 bridgehead atoms. The van der Waals surface area contributed by atoms with E-state index in [2.05, 4.69) is 28.6 Å². The zero-order chi connectivity index (χ0) is 18.7. The number of rotatable bonds is 1. The molecule has 2 aromatic carbocycles. The summed E-state index contributed by atoms with van der Waals surface area (Å²) >= 11 is 3.80. The summed E-state index contributed by atoms with van der Waals surface area (Å²) < 4.78 is 40.8. The fraction of sp³-hybridized carbons (Fsp3) is 0.150. The molecule has 0 radical (unpaired) electrons. The number of aromatic nitrogens is 1. The van der Waals surface area contributed by atoms with Crippen molar-refractivity contribution in [3.05, 3.63) is 65.4 Å². The Bertz CT molecular complexity index is 1010. The third-order valence-corrected chi connectivity index (χ3v) is 13.1. The molecule has 0 fully saturated rings. The fourth-order valence-electron chi connectivity index (χ4n) is 3.72. The average molecular weight is 434 g/mol. The summed E-state index contributed by atoms with van der Waals surface area (Å²) in [6, 6.07) is 13.4. The van der Waals surface area contributed by atoms with Crippen LogP contribution in [0.4, 0.5) is 13.2 Å². The molecule has 1 aliphatic heterocycles. The topological polar surface area (TPSA) is 12.9 Å². The maximum absolute atomic E-state index is 12.8. The summed E-state index contributed by atoms with van der Waals surface area (Å²) in [4.78, 5) is 4.25. The first-order chi connectivity index (χ1) is 12.2. The van der Waals surface area contributed by atoms with E-state index in [-0.39, 0.29) is 0 Å². The third kappa shape index (κ3) is 2.67. The molecule has 26 heavy (non-hydrogen) atoms. The van der Waals surface area contributed by atoms with Crippen LogP contribution >= 0.6 is 11.6 Å². The number of pyridine rings is 1.